The molecule has 94 valence electrons. The molecule has 0 unspecified atom stereocenters. The quantitative estimate of drug-likeness (QED) is 0.715. The fourth-order valence-corrected chi connectivity index (χ4v) is 2.70. The van der Waals surface area contributed by atoms with E-state index in [9.17, 15) is 4.79 Å². The second-order valence-electron chi connectivity index (χ2n) is 4.76. The fraction of sp³-hybridized carbons (Fsp3) is 0.214. The Morgan fingerprint density at radius 2 is 2.21 bits per heavy atom. The Kier molecular flexibility index (Phi) is 2.09. The maximum Gasteiger partial charge on any atom is 0.276 e. The molecule has 3 aromatic rings. The lowest BCUT2D eigenvalue weighted by molar-refractivity contribution is 0.870. The normalized spacial score (nSPS) is 13.9. The summed E-state index contributed by atoms with van der Waals surface area (Å²) in [5.41, 5.74) is 4.19. The molecule has 4 rings (SSSR count). The van der Waals surface area contributed by atoms with E-state index in [1.807, 2.05) is 18.2 Å². The topological polar surface area (TPSA) is 63.0 Å². The van der Waals surface area contributed by atoms with Crippen molar-refractivity contribution in [1.82, 2.24) is 19.6 Å². The number of aromatic nitrogens is 4. The van der Waals surface area contributed by atoms with E-state index in [2.05, 4.69) is 15.1 Å². The van der Waals surface area contributed by atoms with Crippen molar-refractivity contribution in [2.45, 2.75) is 19.3 Å². The third-order valence-corrected chi connectivity index (χ3v) is 3.62. The van der Waals surface area contributed by atoms with Crippen LogP contribution in [0.25, 0.3) is 16.9 Å². The third kappa shape index (κ3) is 1.44. The third-order valence-electron chi connectivity index (χ3n) is 3.62. The SMILES string of the molecule is O=c1c2c(nc3c(-c4ccccn4)c[nH]n13)CCC2. The van der Waals surface area contributed by atoms with E-state index in [0.717, 1.165) is 41.8 Å². The largest absolute Gasteiger partial charge is 0.296 e. The summed E-state index contributed by atoms with van der Waals surface area (Å²) in [5.74, 6) is 0. The average Bonchev–Trinajstić information content (AvgIpc) is 3.07. The zero-order valence-electron chi connectivity index (χ0n) is 10.3. The van der Waals surface area contributed by atoms with Gasteiger partial charge in [-0.05, 0) is 31.4 Å². The van der Waals surface area contributed by atoms with Gasteiger partial charge in [-0.1, -0.05) is 6.07 Å². The van der Waals surface area contributed by atoms with Gasteiger partial charge in [0.25, 0.3) is 5.56 Å². The van der Waals surface area contributed by atoms with Crippen LogP contribution in [0.1, 0.15) is 17.7 Å². The van der Waals surface area contributed by atoms with Crippen LogP contribution in [-0.2, 0) is 12.8 Å². The summed E-state index contributed by atoms with van der Waals surface area (Å²) in [7, 11) is 0. The first-order valence-electron chi connectivity index (χ1n) is 6.38. The summed E-state index contributed by atoms with van der Waals surface area (Å²) in [6.07, 6.45) is 6.28. The highest BCUT2D eigenvalue weighted by Gasteiger charge is 2.20. The molecule has 0 spiro atoms. The van der Waals surface area contributed by atoms with Gasteiger partial charge in [-0.3, -0.25) is 14.9 Å². The molecule has 3 heterocycles. The number of aromatic amines is 1. The second-order valence-corrected chi connectivity index (χ2v) is 4.76. The van der Waals surface area contributed by atoms with Gasteiger partial charge in [0.2, 0.25) is 0 Å². The first-order chi connectivity index (χ1) is 9.34. The van der Waals surface area contributed by atoms with E-state index in [-0.39, 0.29) is 5.56 Å². The van der Waals surface area contributed by atoms with Crippen LogP contribution < -0.4 is 5.56 Å². The molecule has 0 fully saturated rings. The predicted octanol–water partition coefficient (Wildman–Crippen LogP) is 1.57. The maximum atomic E-state index is 12.3. The molecule has 5 nitrogen and oxygen atoms in total. The molecule has 19 heavy (non-hydrogen) atoms. The van der Waals surface area contributed by atoms with Crippen molar-refractivity contribution < 1.29 is 0 Å². The Morgan fingerprint density at radius 3 is 3.05 bits per heavy atom. The second kappa shape index (κ2) is 3.78. The summed E-state index contributed by atoms with van der Waals surface area (Å²) in [6.45, 7) is 0. The van der Waals surface area contributed by atoms with Crippen molar-refractivity contribution in [2.24, 2.45) is 0 Å². The van der Waals surface area contributed by atoms with Gasteiger partial charge in [0, 0.05) is 18.0 Å². The van der Waals surface area contributed by atoms with Crippen molar-refractivity contribution in [2.75, 3.05) is 0 Å². The molecule has 0 aromatic carbocycles. The Balaban J connectivity index is 2.05. The molecule has 0 radical (unpaired) electrons. The van der Waals surface area contributed by atoms with E-state index in [4.69, 9.17) is 0 Å². The van der Waals surface area contributed by atoms with Crippen molar-refractivity contribution in [3.63, 3.8) is 0 Å². The van der Waals surface area contributed by atoms with Gasteiger partial charge >= 0.3 is 0 Å². The van der Waals surface area contributed by atoms with E-state index in [1.54, 1.807) is 12.4 Å². The lowest BCUT2D eigenvalue weighted by Gasteiger charge is -2.01. The van der Waals surface area contributed by atoms with E-state index in [1.165, 1.54) is 4.52 Å². The lowest BCUT2D eigenvalue weighted by Crippen LogP contribution is -2.20. The fourth-order valence-electron chi connectivity index (χ4n) is 2.70. The molecule has 1 N–H and O–H groups in total. The molecule has 0 bridgehead atoms. The first-order valence-corrected chi connectivity index (χ1v) is 6.38. The molecule has 1 aliphatic rings. The van der Waals surface area contributed by atoms with Crippen LogP contribution in [0.15, 0.2) is 35.4 Å². The van der Waals surface area contributed by atoms with Gasteiger partial charge in [-0.25, -0.2) is 9.50 Å². The average molecular weight is 252 g/mol. The molecule has 0 aliphatic heterocycles. The predicted molar refractivity (Wildman–Crippen MR) is 71.1 cm³/mol. The number of H-pyrrole nitrogens is 1. The van der Waals surface area contributed by atoms with Crippen LogP contribution in [0.2, 0.25) is 0 Å². The molecule has 0 saturated heterocycles. The van der Waals surface area contributed by atoms with Crippen LogP contribution in [0.4, 0.5) is 0 Å². The van der Waals surface area contributed by atoms with Crippen LogP contribution >= 0.6 is 0 Å². The van der Waals surface area contributed by atoms with E-state index < -0.39 is 0 Å². The van der Waals surface area contributed by atoms with Crippen molar-refractivity contribution in [1.29, 1.82) is 0 Å². The Bertz CT molecular complexity index is 817. The number of rotatable bonds is 1. The number of hydrogen-bond donors (Lipinski definition) is 1. The van der Waals surface area contributed by atoms with Crippen LogP contribution in [0.3, 0.4) is 0 Å². The number of fused-ring (bicyclic) bond motifs is 2. The zero-order chi connectivity index (χ0) is 12.8. The molecule has 1 aliphatic carbocycles. The molecule has 0 saturated carbocycles. The van der Waals surface area contributed by atoms with Gasteiger partial charge in [-0.15, -0.1) is 0 Å². The minimum absolute atomic E-state index is 0.0275. The number of aryl methyl sites for hydroxylation is 1. The van der Waals surface area contributed by atoms with Crippen LogP contribution in [-0.4, -0.2) is 19.6 Å². The van der Waals surface area contributed by atoms with Crippen molar-refractivity contribution >= 4 is 5.65 Å². The Labute approximate surface area is 108 Å². The highest BCUT2D eigenvalue weighted by atomic mass is 16.1. The summed E-state index contributed by atoms with van der Waals surface area (Å²) < 4.78 is 1.52. The molecular weight excluding hydrogens is 240 g/mol. The van der Waals surface area contributed by atoms with Gasteiger partial charge in [0.15, 0.2) is 5.65 Å². The minimum Gasteiger partial charge on any atom is -0.296 e. The van der Waals surface area contributed by atoms with Gasteiger partial charge in [0.05, 0.1) is 17.0 Å². The standard InChI is InChI=1S/C14H12N4O/c19-14-9-4-3-6-12(9)17-13-10(8-16-18(13)14)11-5-1-2-7-15-11/h1-2,5,7-8,16H,3-4,6H2. The Morgan fingerprint density at radius 1 is 1.26 bits per heavy atom. The first kappa shape index (κ1) is 10.5. The number of nitrogens with zero attached hydrogens (tertiary/aromatic N) is 3. The number of hydrogen-bond acceptors (Lipinski definition) is 3. The number of nitrogens with one attached hydrogen (secondary N) is 1. The summed E-state index contributed by atoms with van der Waals surface area (Å²) in [6, 6.07) is 5.72. The monoisotopic (exact) mass is 252 g/mol. The zero-order valence-corrected chi connectivity index (χ0v) is 10.3. The van der Waals surface area contributed by atoms with Gasteiger partial charge in [0.1, 0.15) is 0 Å². The van der Waals surface area contributed by atoms with E-state index >= 15 is 0 Å². The summed E-state index contributed by atoms with van der Waals surface area (Å²) in [4.78, 5) is 21.3. The number of pyridine rings is 1. The summed E-state index contributed by atoms with van der Waals surface area (Å²) >= 11 is 0. The summed E-state index contributed by atoms with van der Waals surface area (Å²) in [5, 5.41) is 2.99. The van der Waals surface area contributed by atoms with Crippen LogP contribution in [0, 0.1) is 0 Å². The van der Waals surface area contributed by atoms with Crippen LogP contribution in [0.5, 0.6) is 0 Å². The molecule has 3 aromatic heterocycles. The molecule has 5 heteroatoms. The molecule has 0 amide bonds. The minimum atomic E-state index is 0.0275. The molecule has 0 atom stereocenters. The molecular formula is C14H12N4O. The van der Waals surface area contributed by atoms with Gasteiger partial charge in [-0.2, -0.15) is 0 Å². The van der Waals surface area contributed by atoms with Gasteiger partial charge < -0.3 is 0 Å². The smallest absolute Gasteiger partial charge is 0.276 e. The van der Waals surface area contributed by atoms with E-state index in [0.29, 0.717) is 5.65 Å². The van der Waals surface area contributed by atoms with Crippen molar-refractivity contribution in [3.05, 3.63) is 52.2 Å². The lowest BCUT2D eigenvalue weighted by atomic mass is 10.2. The highest BCUT2D eigenvalue weighted by Crippen LogP contribution is 2.23. The maximum absolute atomic E-state index is 12.3. The highest BCUT2D eigenvalue weighted by molar-refractivity contribution is 5.74. The van der Waals surface area contributed by atoms with Crippen molar-refractivity contribution in [3.8, 4) is 11.3 Å². The Hall–Kier alpha value is -2.43.